The van der Waals surface area contributed by atoms with E-state index in [-0.39, 0.29) is 11.5 Å². The van der Waals surface area contributed by atoms with Crippen LogP contribution in [0, 0.1) is 0 Å². The lowest BCUT2D eigenvalue weighted by atomic mass is 9.75. The third-order valence-electron chi connectivity index (χ3n) is 5.84. The third-order valence-corrected chi connectivity index (χ3v) is 5.84. The average Bonchev–Trinajstić information content (AvgIpc) is 2.64. The summed E-state index contributed by atoms with van der Waals surface area (Å²) in [6.07, 6.45) is 3.16. The summed E-state index contributed by atoms with van der Waals surface area (Å²) < 4.78 is 5.26. The summed E-state index contributed by atoms with van der Waals surface area (Å²) >= 11 is 0. The van der Waals surface area contributed by atoms with Crippen LogP contribution in [0.2, 0.25) is 0 Å². The Morgan fingerprint density at radius 3 is 2.59 bits per heavy atom. The van der Waals surface area contributed by atoms with E-state index in [1.807, 2.05) is 0 Å². The fourth-order valence-electron chi connectivity index (χ4n) is 4.15. The number of hydrogen-bond donors (Lipinski definition) is 1. The van der Waals surface area contributed by atoms with Gasteiger partial charge in [-0.1, -0.05) is 50.2 Å². The van der Waals surface area contributed by atoms with Gasteiger partial charge in [-0.05, 0) is 59.9 Å². The molecule has 1 atom stereocenters. The van der Waals surface area contributed by atoms with Crippen molar-refractivity contribution in [3.05, 3.63) is 64.7 Å². The van der Waals surface area contributed by atoms with Crippen LogP contribution in [0.1, 0.15) is 61.9 Å². The van der Waals surface area contributed by atoms with Crippen molar-refractivity contribution in [2.45, 2.75) is 51.5 Å². The molecule has 0 saturated heterocycles. The van der Waals surface area contributed by atoms with E-state index in [2.05, 4.69) is 68.1 Å². The van der Waals surface area contributed by atoms with Crippen molar-refractivity contribution in [1.29, 1.82) is 0 Å². The molecule has 0 radical (unpaired) electrons. The Labute approximate surface area is 164 Å². The molecule has 1 unspecified atom stereocenters. The summed E-state index contributed by atoms with van der Waals surface area (Å²) in [5.41, 5.74) is 13.4. The highest BCUT2D eigenvalue weighted by Crippen LogP contribution is 2.42. The van der Waals surface area contributed by atoms with Crippen molar-refractivity contribution < 1.29 is 4.74 Å². The van der Waals surface area contributed by atoms with Gasteiger partial charge in [0.05, 0.1) is 0 Å². The van der Waals surface area contributed by atoms with Crippen molar-refractivity contribution in [1.82, 2.24) is 0 Å². The van der Waals surface area contributed by atoms with Crippen LogP contribution >= 0.6 is 0 Å². The van der Waals surface area contributed by atoms with Gasteiger partial charge in [-0.2, -0.15) is 0 Å². The predicted molar refractivity (Wildman–Crippen MR) is 115 cm³/mol. The zero-order valence-corrected chi connectivity index (χ0v) is 17.3. The first-order valence-electron chi connectivity index (χ1n) is 10.1. The molecule has 0 spiro atoms. The molecule has 3 nitrogen and oxygen atoms in total. The van der Waals surface area contributed by atoms with E-state index in [4.69, 9.17) is 10.5 Å². The van der Waals surface area contributed by atoms with E-state index in [0.717, 1.165) is 32.5 Å². The molecule has 1 aliphatic rings. The summed E-state index contributed by atoms with van der Waals surface area (Å²) in [5.74, 6) is 0. The van der Waals surface area contributed by atoms with Crippen LogP contribution in [-0.4, -0.2) is 26.8 Å². The van der Waals surface area contributed by atoms with Gasteiger partial charge in [0.1, 0.15) is 0 Å². The van der Waals surface area contributed by atoms with Crippen LogP contribution in [0.5, 0.6) is 0 Å². The van der Waals surface area contributed by atoms with Gasteiger partial charge in [0, 0.05) is 38.5 Å². The standard InChI is InChI=1S/C24H34N2O/c1-18(25)21-17-23-22(16-20(21)15-19-9-6-5-7-10-19)24(2,3)11-13-26(23)12-8-14-27-4/h5-7,9-10,16-18H,8,11-15,25H2,1-4H3. The number of ether oxygens (including phenoxy) is 1. The number of hydrogen-bond acceptors (Lipinski definition) is 3. The maximum atomic E-state index is 6.40. The zero-order chi connectivity index (χ0) is 19.4. The first-order valence-corrected chi connectivity index (χ1v) is 10.1. The van der Waals surface area contributed by atoms with Gasteiger partial charge in [-0.25, -0.2) is 0 Å². The van der Waals surface area contributed by atoms with Crippen molar-refractivity contribution in [2.75, 3.05) is 31.7 Å². The molecule has 0 saturated carbocycles. The number of nitrogens with zero attached hydrogens (tertiary/aromatic N) is 1. The second kappa shape index (κ2) is 8.45. The quantitative estimate of drug-likeness (QED) is 0.714. The SMILES string of the molecule is COCCCN1CCC(C)(C)c2cc(Cc3ccccc3)c(C(C)N)cc21. The van der Waals surface area contributed by atoms with Crippen LogP contribution in [0.4, 0.5) is 5.69 Å². The molecule has 3 rings (SSSR count). The second-order valence-corrected chi connectivity index (χ2v) is 8.49. The molecule has 1 heterocycles. The van der Waals surface area contributed by atoms with E-state index in [1.165, 1.54) is 34.4 Å². The Morgan fingerprint density at radius 1 is 1.19 bits per heavy atom. The minimum Gasteiger partial charge on any atom is -0.385 e. The fourth-order valence-corrected chi connectivity index (χ4v) is 4.15. The normalized spacial score (nSPS) is 16.9. The first-order chi connectivity index (χ1) is 12.9. The molecule has 146 valence electrons. The largest absolute Gasteiger partial charge is 0.385 e. The molecular weight excluding hydrogens is 332 g/mol. The maximum Gasteiger partial charge on any atom is 0.0479 e. The van der Waals surface area contributed by atoms with Crippen LogP contribution in [0.25, 0.3) is 0 Å². The average molecular weight is 367 g/mol. The lowest BCUT2D eigenvalue weighted by Gasteiger charge is -2.41. The molecule has 2 aromatic carbocycles. The van der Waals surface area contributed by atoms with Crippen molar-refractivity contribution in [2.24, 2.45) is 5.73 Å². The molecule has 0 aromatic heterocycles. The minimum atomic E-state index is 0.0277. The predicted octanol–water partition coefficient (Wildman–Crippen LogP) is 4.82. The number of rotatable bonds is 7. The molecule has 2 N–H and O–H groups in total. The Kier molecular flexibility index (Phi) is 6.23. The Balaban J connectivity index is 2.01. The first kappa shape index (κ1) is 19.9. The van der Waals surface area contributed by atoms with Crippen molar-refractivity contribution in [3.63, 3.8) is 0 Å². The fraction of sp³-hybridized carbons (Fsp3) is 0.500. The van der Waals surface area contributed by atoms with Crippen LogP contribution < -0.4 is 10.6 Å². The van der Waals surface area contributed by atoms with Gasteiger partial charge < -0.3 is 15.4 Å². The van der Waals surface area contributed by atoms with Gasteiger partial charge >= 0.3 is 0 Å². The third kappa shape index (κ3) is 4.53. The number of anilines is 1. The Hall–Kier alpha value is -1.84. The molecule has 2 aromatic rings. The van der Waals surface area contributed by atoms with Crippen LogP contribution in [-0.2, 0) is 16.6 Å². The highest BCUT2D eigenvalue weighted by atomic mass is 16.5. The highest BCUT2D eigenvalue weighted by molar-refractivity contribution is 5.63. The molecule has 0 amide bonds. The van der Waals surface area contributed by atoms with Crippen LogP contribution in [0.15, 0.2) is 42.5 Å². The lowest BCUT2D eigenvalue weighted by molar-refractivity contribution is 0.195. The second-order valence-electron chi connectivity index (χ2n) is 8.49. The van der Waals surface area contributed by atoms with E-state index < -0.39 is 0 Å². The smallest absolute Gasteiger partial charge is 0.0479 e. The topological polar surface area (TPSA) is 38.5 Å². The maximum absolute atomic E-state index is 6.40. The number of benzene rings is 2. The van der Waals surface area contributed by atoms with Crippen molar-refractivity contribution in [3.8, 4) is 0 Å². The van der Waals surface area contributed by atoms with E-state index in [9.17, 15) is 0 Å². The number of methoxy groups -OCH3 is 1. The van der Waals surface area contributed by atoms with Gasteiger partial charge in [-0.15, -0.1) is 0 Å². The summed E-state index contributed by atoms with van der Waals surface area (Å²) in [6, 6.07) is 15.5. The summed E-state index contributed by atoms with van der Waals surface area (Å²) in [4.78, 5) is 2.53. The van der Waals surface area contributed by atoms with E-state index >= 15 is 0 Å². The van der Waals surface area contributed by atoms with Gasteiger partial charge in [0.25, 0.3) is 0 Å². The lowest BCUT2D eigenvalue weighted by Crippen LogP contribution is -2.38. The number of fused-ring (bicyclic) bond motifs is 1. The van der Waals surface area contributed by atoms with Crippen LogP contribution in [0.3, 0.4) is 0 Å². The van der Waals surface area contributed by atoms with Gasteiger partial charge in [0.15, 0.2) is 0 Å². The zero-order valence-electron chi connectivity index (χ0n) is 17.3. The van der Waals surface area contributed by atoms with Crippen molar-refractivity contribution >= 4 is 5.69 Å². The van der Waals surface area contributed by atoms with Gasteiger partial charge in [-0.3, -0.25) is 0 Å². The summed E-state index contributed by atoms with van der Waals surface area (Å²) in [5, 5.41) is 0. The molecule has 3 heteroatoms. The molecular formula is C24H34N2O. The minimum absolute atomic E-state index is 0.0277. The molecule has 0 bridgehead atoms. The highest BCUT2D eigenvalue weighted by Gasteiger charge is 2.32. The summed E-state index contributed by atoms with van der Waals surface area (Å²) in [7, 11) is 1.78. The Bertz CT molecular complexity index is 752. The molecule has 1 aliphatic heterocycles. The summed E-state index contributed by atoms with van der Waals surface area (Å²) in [6.45, 7) is 9.78. The van der Waals surface area contributed by atoms with Gasteiger partial charge in [0.2, 0.25) is 0 Å². The molecule has 27 heavy (non-hydrogen) atoms. The van der Waals surface area contributed by atoms with E-state index in [0.29, 0.717) is 0 Å². The number of nitrogens with two attached hydrogens (primary N) is 1. The molecule has 0 fully saturated rings. The van der Waals surface area contributed by atoms with E-state index in [1.54, 1.807) is 7.11 Å². The Morgan fingerprint density at radius 2 is 1.93 bits per heavy atom. The molecule has 0 aliphatic carbocycles. The monoisotopic (exact) mass is 366 g/mol.